The van der Waals surface area contributed by atoms with Crippen molar-refractivity contribution in [1.29, 1.82) is 0 Å². The Kier molecular flexibility index (Phi) is 3.14. The van der Waals surface area contributed by atoms with E-state index in [0.29, 0.717) is 11.9 Å². The third-order valence-corrected chi connectivity index (χ3v) is 2.56. The van der Waals surface area contributed by atoms with Gasteiger partial charge in [0.25, 0.3) is 0 Å². The lowest BCUT2D eigenvalue weighted by Gasteiger charge is -2.30. The van der Waals surface area contributed by atoms with E-state index in [0.717, 1.165) is 24.6 Å². The van der Waals surface area contributed by atoms with E-state index in [2.05, 4.69) is 10.3 Å². The Morgan fingerprint density at radius 1 is 1.50 bits per heavy atom. The zero-order valence-electron chi connectivity index (χ0n) is 9.86. The molecule has 2 heterocycles. The quantitative estimate of drug-likeness (QED) is 0.824. The fourth-order valence-corrected chi connectivity index (χ4v) is 1.62. The Hall–Kier alpha value is -1.49. The average Bonchev–Trinajstić information content (AvgIpc) is 2.22. The van der Waals surface area contributed by atoms with E-state index in [1.807, 2.05) is 25.1 Å². The first-order chi connectivity index (χ1) is 7.72. The number of aromatic nitrogens is 1. The molecule has 0 amide bonds. The SMILES string of the molecule is COc1nccc(N(C)C)c1NC1COC1. The summed E-state index contributed by atoms with van der Waals surface area (Å²) >= 11 is 0. The van der Waals surface area contributed by atoms with Crippen LogP contribution in [0.25, 0.3) is 0 Å². The van der Waals surface area contributed by atoms with Crippen molar-refractivity contribution in [1.82, 2.24) is 4.98 Å². The summed E-state index contributed by atoms with van der Waals surface area (Å²) in [6.07, 6.45) is 1.75. The Labute approximate surface area is 95.4 Å². The van der Waals surface area contributed by atoms with Crippen LogP contribution in [0.2, 0.25) is 0 Å². The fraction of sp³-hybridized carbons (Fsp3) is 0.545. The minimum atomic E-state index is 0.358. The molecule has 5 nitrogen and oxygen atoms in total. The molecule has 1 aromatic rings. The van der Waals surface area contributed by atoms with Gasteiger partial charge in [-0.2, -0.15) is 0 Å². The van der Waals surface area contributed by atoms with E-state index in [-0.39, 0.29) is 0 Å². The monoisotopic (exact) mass is 223 g/mol. The topological polar surface area (TPSA) is 46.6 Å². The summed E-state index contributed by atoms with van der Waals surface area (Å²) in [5.41, 5.74) is 2.00. The summed E-state index contributed by atoms with van der Waals surface area (Å²) in [7, 11) is 5.62. The molecule has 1 saturated heterocycles. The van der Waals surface area contributed by atoms with Crippen LogP contribution >= 0.6 is 0 Å². The van der Waals surface area contributed by atoms with Crippen molar-refractivity contribution in [3.05, 3.63) is 12.3 Å². The van der Waals surface area contributed by atoms with Gasteiger partial charge in [-0.25, -0.2) is 4.98 Å². The molecule has 88 valence electrons. The van der Waals surface area contributed by atoms with Gasteiger partial charge < -0.3 is 19.7 Å². The lowest BCUT2D eigenvalue weighted by Crippen LogP contribution is -2.40. The minimum absolute atomic E-state index is 0.358. The van der Waals surface area contributed by atoms with Gasteiger partial charge in [0.1, 0.15) is 5.69 Å². The highest BCUT2D eigenvalue weighted by molar-refractivity contribution is 5.74. The number of hydrogen-bond acceptors (Lipinski definition) is 5. The summed E-state index contributed by atoms with van der Waals surface area (Å²) in [5.74, 6) is 0.623. The van der Waals surface area contributed by atoms with Crippen molar-refractivity contribution in [3.8, 4) is 5.88 Å². The van der Waals surface area contributed by atoms with Gasteiger partial charge in [0.15, 0.2) is 0 Å². The van der Waals surface area contributed by atoms with E-state index in [9.17, 15) is 0 Å². The molecule has 0 spiro atoms. The highest BCUT2D eigenvalue weighted by Gasteiger charge is 2.22. The lowest BCUT2D eigenvalue weighted by atomic mass is 10.2. The second-order valence-electron chi connectivity index (χ2n) is 3.99. The average molecular weight is 223 g/mol. The van der Waals surface area contributed by atoms with Crippen LogP contribution in [0.1, 0.15) is 0 Å². The number of ether oxygens (including phenoxy) is 2. The van der Waals surface area contributed by atoms with E-state index < -0.39 is 0 Å². The Balaban J connectivity index is 2.28. The molecular weight excluding hydrogens is 206 g/mol. The first-order valence-electron chi connectivity index (χ1n) is 5.27. The second-order valence-corrected chi connectivity index (χ2v) is 3.99. The van der Waals surface area contributed by atoms with Crippen LogP contribution in [-0.4, -0.2) is 45.4 Å². The molecule has 0 bridgehead atoms. The normalized spacial score (nSPS) is 15.4. The Morgan fingerprint density at radius 3 is 2.75 bits per heavy atom. The van der Waals surface area contributed by atoms with Crippen LogP contribution < -0.4 is 15.0 Å². The molecule has 1 aliphatic rings. The maximum Gasteiger partial charge on any atom is 0.239 e. The molecule has 0 saturated carbocycles. The summed E-state index contributed by atoms with van der Waals surface area (Å²) in [6, 6.07) is 2.32. The largest absolute Gasteiger partial charge is 0.479 e. The van der Waals surface area contributed by atoms with Gasteiger partial charge >= 0.3 is 0 Å². The molecule has 0 atom stereocenters. The van der Waals surface area contributed by atoms with Crippen molar-refractivity contribution < 1.29 is 9.47 Å². The number of nitrogens with one attached hydrogen (secondary N) is 1. The van der Waals surface area contributed by atoms with Crippen molar-refractivity contribution in [3.63, 3.8) is 0 Å². The molecule has 0 radical (unpaired) electrons. The first kappa shape index (κ1) is 11.0. The smallest absolute Gasteiger partial charge is 0.239 e. The maximum absolute atomic E-state index is 5.26. The predicted molar refractivity (Wildman–Crippen MR) is 63.3 cm³/mol. The molecule has 0 aromatic carbocycles. The Morgan fingerprint density at radius 2 is 2.25 bits per heavy atom. The predicted octanol–water partition coefficient (Wildman–Crippen LogP) is 0.967. The van der Waals surface area contributed by atoms with Gasteiger partial charge in [-0.15, -0.1) is 0 Å². The summed E-state index contributed by atoms with van der Waals surface area (Å²) in [4.78, 5) is 6.23. The van der Waals surface area contributed by atoms with E-state index in [1.165, 1.54) is 0 Å². The maximum atomic E-state index is 5.26. The first-order valence-corrected chi connectivity index (χ1v) is 5.27. The zero-order valence-corrected chi connectivity index (χ0v) is 9.86. The number of hydrogen-bond donors (Lipinski definition) is 1. The molecule has 1 fully saturated rings. The molecule has 5 heteroatoms. The van der Waals surface area contributed by atoms with Gasteiger partial charge in [0, 0.05) is 20.3 Å². The summed E-state index contributed by atoms with van der Waals surface area (Å²) in [6.45, 7) is 1.48. The molecule has 1 aromatic heterocycles. The van der Waals surface area contributed by atoms with Crippen LogP contribution in [0.4, 0.5) is 11.4 Å². The summed E-state index contributed by atoms with van der Waals surface area (Å²) in [5, 5.41) is 3.39. The highest BCUT2D eigenvalue weighted by Crippen LogP contribution is 2.33. The lowest BCUT2D eigenvalue weighted by molar-refractivity contribution is 0.0210. The Bertz CT molecular complexity index is 364. The van der Waals surface area contributed by atoms with Gasteiger partial charge in [-0.05, 0) is 6.07 Å². The number of anilines is 2. The number of methoxy groups -OCH3 is 1. The van der Waals surface area contributed by atoms with Crippen molar-refractivity contribution >= 4 is 11.4 Å². The number of pyridine rings is 1. The van der Waals surface area contributed by atoms with E-state index in [1.54, 1.807) is 13.3 Å². The standard InChI is InChI=1S/C11H17N3O2/c1-14(2)9-4-5-12-11(15-3)10(9)13-8-6-16-7-8/h4-5,8,13H,6-7H2,1-3H3. The molecule has 0 aliphatic carbocycles. The third-order valence-electron chi connectivity index (χ3n) is 2.56. The van der Waals surface area contributed by atoms with Gasteiger partial charge in [-0.1, -0.05) is 0 Å². The second kappa shape index (κ2) is 4.57. The van der Waals surface area contributed by atoms with Gasteiger partial charge in [0.05, 0.1) is 32.1 Å². The summed E-state index contributed by atoms with van der Waals surface area (Å²) < 4.78 is 10.4. The van der Waals surface area contributed by atoms with E-state index >= 15 is 0 Å². The van der Waals surface area contributed by atoms with Crippen LogP contribution in [-0.2, 0) is 4.74 Å². The molecule has 2 rings (SSSR count). The van der Waals surface area contributed by atoms with Crippen molar-refractivity contribution in [2.24, 2.45) is 0 Å². The molecule has 16 heavy (non-hydrogen) atoms. The van der Waals surface area contributed by atoms with Crippen LogP contribution in [0.3, 0.4) is 0 Å². The van der Waals surface area contributed by atoms with Crippen molar-refractivity contribution in [2.75, 3.05) is 44.6 Å². The molecule has 1 aliphatic heterocycles. The molecule has 1 N–H and O–H groups in total. The minimum Gasteiger partial charge on any atom is -0.479 e. The van der Waals surface area contributed by atoms with Crippen LogP contribution in [0.15, 0.2) is 12.3 Å². The van der Waals surface area contributed by atoms with E-state index in [4.69, 9.17) is 9.47 Å². The van der Waals surface area contributed by atoms with Gasteiger partial charge in [0.2, 0.25) is 5.88 Å². The molecular formula is C11H17N3O2. The highest BCUT2D eigenvalue weighted by atomic mass is 16.5. The van der Waals surface area contributed by atoms with Crippen LogP contribution in [0, 0.1) is 0 Å². The third kappa shape index (κ3) is 2.04. The van der Waals surface area contributed by atoms with Gasteiger partial charge in [-0.3, -0.25) is 0 Å². The molecule has 0 unspecified atom stereocenters. The number of nitrogens with zero attached hydrogens (tertiary/aromatic N) is 2. The zero-order chi connectivity index (χ0) is 11.5. The van der Waals surface area contributed by atoms with Crippen LogP contribution in [0.5, 0.6) is 5.88 Å². The van der Waals surface area contributed by atoms with Crippen molar-refractivity contribution in [2.45, 2.75) is 6.04 Å². The number of rotatable bonds is 4. The fourth-order valence-electron chi connectivity index (χ4n) is 1.62.